The van der Waals surface area contributed by atoms with Gasteiger partial charge in [0.05, 0.1) is 11.1 Å². The fraction of sp³-hybridized carbons (Fsp3) is 0.222. The highest BCUT2D eigenvalue weighted by molar-refractivity contribution is 9.11. The minimum absolute atomic E-state index is 0.0822. The van der Waals surface area contributed by atoms with Gasteiger partial charge in [-0.05, 0) is 50.9 Å². The topological polar surface area (TPSA) is 26.3 Å². The van der Waals surface area contributed by atoms with Crippen LogP contribution in [-0.2, 0) is 4.74 Å². The van der Waals surface area contributed by atoms with Gasteiger partial charge >= 0.3 is 5.97 Å². The molecule has 0 heterocycles. The fourth-order valence-electron chi connectivity index (χ4n) is 0.917. The Bertz CT molecular complexity index is 366. The maximum absolute atomic E-state index is 13.5. The van der Waals surface area contributed by atoms with Crippen LogP contribution in [0.2, 0.25) is 0 Å². The normalized spacial score (nSPS) is 10.0. The predicted octanol–water partition coefficient (Wildman–Crippen LogP) is 3.53. The molecule has 14 heavy (non-hydrogen) atoms. The quantitative estimate of drug-likeness (QED) is 0.614. The first-order valence-electron chi connectivity index (χ1n) is 3.88. The molecule has 1 aromatic carbocycles. The van der Waals surface area contributed by atoms with E-state index in [1.165, 1.54) is 6.07 Å². The second kappa shape index (κ2) is 4.89. The highest BCUT2D eigenvalue weighted by Crippen LogP contribution is 2.26. The van der Waals surface area contributed by atoms with E-state index < -0.39 is 11.8 Å². The van der Waals surface area contributed by atoms with E-state index in [-0.39, 0.29) is 16.6 Å². The lowest BCUT2D eigenvalue weighted by molar-refractivity contribution is 0.0519. The number of carbonyl (C=O) groups excluding carboxylic acids is 1. The predicted molar refractivity (Wildman–Crippen MR) is 57.8 cm³/mol. The van der Waals surface area contributed by atoms with Gasteiger partial charge in [0, 0.05) is 4.47 Å². The van der Waals surface area contributed by atoms with E-state index in [2.05, 4.69) is 31.9 Å². The third kappa shape index (κ3) is 2.33. The molecule has 0 aliphatic carbocycles. The van der Waals surface area contributed by atoms with Crippen molar-refractivity contribution in [2.75, 3.05) is 6.61 Å². The minimum Gasteiger partial charge on any atom is -0.462 e. The summed E-state index contributed by atoms with van der Waals surface area (Å²) in [6.07, 6.45) is 0. The van der Waals surface area contributed by atoms with Crippen molar-refractivity contribution in [3.8, 4) is 0 Å². The molecule has 0 spiro atoms. The van der Waals surface area contributed by atoms with Crippen LogP contribution < -0.4 is 0 Å². The Hall–Kier alpha value is -0.420. The van der Waals surface area contributed by atoms with Gasteiger partial charge in [0.2, 0.25) is 0 Å². The highest BCUT2D eigenvalue weighted by Gasteiger charge is 2.18. The Balaban J connectivity index is 3.18. The maximum Gasteiger partial charge on any atom is 0.342 e. The number of hydrogen-bond donors (Lipinski definition) is 0. The van der Waals surface area contributed by atoms with Crippen molar-refractivity contribution in [2.24, 2.45) is 0 Å². The third-order valence-corrected chi connectivity index (χ3v) is 2.80. The van der Waals surface area contributed by atoms with Crippen LogP contribution in [0.15, 0.2) is 21.1 Å². The summed E-state index contributed by atoms with van der Waals surface area (Å²) in [6, 6.07) is 3.10. The molecule has 2 nitrogen and oxygen atoms in total. The van der Waals surface area contributed by atoms with Gasteiger partial charge < -0.3 is 4.74 Å². The molecule has 76 valence electrons. The van der Waals surface area contributed by atoms with Crippen molar-refractivity contribution in [3.63, 3.8) is 0 Å². The van der Waals surface area contributed by atoms with Gasteiger partial charge in [-0.2, -0.15) is 0 Å². The molecular weight excluding hydrogens is 319 g/mol. The SMILES string of the molecule is CCOC(=O)c1c(Br)ccc(Br)c1F. The van der Waals surface area contributed by atoms with Gasteiger partial charge in [0.25, 0.3) is 0 Å². The number of hydrogen-bond acceptors (Lipinski definition) is 2. The highest BCUT2D eigenvalue weighted by atomic mass is 79.9. The maximum atomic E-state index is 13.5. The van der Waals surface area contributed by atoms with Gasteiger partial charge in [-0.25, -0.2) is 9.18 Å². The number of carbonyl (C=O) groups is 1. The van der Waals surface area contributed by atoms with Crippen LogP contribution >= 0.6 is 31.9 Å². The molecule has 0 saturated heterocycles. The summed E-state index contributed by atoms with van der Waals surface area (Å²) < 4.78 is 18.8. The number of esters is 1. The standard InChI is InChI=1S/C9H7Br2FO2/c1-2-14-9(13)7-5(10)3-4-6(11)8(7)12/h3-4H,2H2,1H3. The van der Waals surface area contributed by atoms with Crippen LogP contribution in [0.4, 0.5) is 4.39 Å². The lowest BCUT2D eigenvalue weighted by Crippen LogP contribution is -2.08. The summed E-state index contributed by atoms with van der Waals surface area (Å²) in [6.45, 7) is 1.89. The van der Waals surface area contributed by atoms with Crippen molar-refractivity contribution >= 4 is 37.8 Å². The number of benzene rings is 1. The van der Waals surface area contributed by atoms with Crippen LogP contribution in [-0.4, -0.2) is 12.6 Å². The third-order valence-electron chi connectivity index (χ3n) is 1.52. The van der Waals surface area contributed by atoms with Crippen LogP contribution in [0.25, 0.3) is 0 Å². The smallest absolute Gasteiger partial charge is 0.342 e. The Morgan fingerprint density at radius 3 is 2.57 bits per heavy atom. The monoisotopic (exact) mass is 324 g/mol. The van der Waals surface area contributed by atoms with Crippen LogP contribution in [0, 0.1) is 5.82 Å². The number of ether oxygens (including phenoxy) is 1. The molecule has 0 aliphatic rings. The molecular formula is C9H7Br2FO2. The molecule has 0 N–H and O–H groups in total. The first-order chi connectivity index (χ1) is 6.57. The molecule has 0 amide bonds. The van der Waals surface area contributed by atoms with E-state index in [9.17, 15) is 9.18 Å². The van der Waals surface area contributed by atoms with Crippen molar-refractivity contribution in [3.05, 3.63) is 32.5 Å². The average Bonchev–Trinajstić information content (AvgIpc) is 2.13. The summed E-state index contributed by atoms with van der Waals surface area (Å²) in [7, 11) is 0. The molecule has 0 radical (unpaired) electrons. The summed E-state index contributed by atoms with van der Waals surface area (Å²) in [4.78, 5) is 11.3. The second-order valence-electron chi connectivity index (χ2n) is 2.44. The first-order valence-corrected chi connectivity index (χ1v) is 5.47. The minimum atomic E-state index is -0.668. The van der Waals surface area contributed by atoms with Crippen LogP contribution in [0.1, 0.15) is 17.3 Å². The molecule has 0 atom stereocenters. The van der Waals surface area contributed by atoms with Gasteiger partial charge in [-0.15, -0.1) is 0 Å². The molecule has 1 rings (SSSR count). The molecule has 0 fully saturated rings. The molecule has 1 aromatic rings. The van der Waals surface area contributed by atoms with Crippen LogP contribution in [0.3, 0.4) is 0 Å². The van der Waals surface area contributed by atoms with Gasteiger partial charge in [0.1, 0.15) is 5.56 Å². The zero-order valence-electron chi connectivity index (χ0n) is 7.31. The summed E-state index contributed by atoms with van der Waals surface area (Å²) in [5.74, 6) is -1.28. The Morgan fingerprint density at radius 1 is 1.43 bits per heavy atom. The van der Waals surface area contributed by atoms with E-state index in [0.717, 1.165) is 0 Å². The van der Waals surface area contributed by atoms with Gasteiger partial charge in [-0.1, -0.05) is 0 Å². The lowest BCUT2D eigenvalue weighted by atomic mass is 10.2. The summed E-state index contributed by atoms with van der Waals surface area (Å²) >= 11 is 6.09. The average molecular weight is 326 g/mol. The first kappa shape index (κ1) is 11.7. The number of rotatable bonds is 2. The second-order valence-corrected chi connectivity index (χ2v) is 4.15. The molecule has 0 aliphatic heterocycles. The largest absolute Gasteiger partial charge is 0.462 e. The molecule has 5 heteroatoms. The zero-order chi connectivity index (χ0) is 10.7. The fourth-order valence-corrected chi connectivity index (χ4v) is 1.72. The zero-order valence-corrected chi connectivity index (χ0v) is 10.5. The van der Waals surface area contributed by atoms with Crippen LogP contribution in [0.5, 0.6) is 0 Å². The van der Waals surface area contributed by atoms with E-state index in [1.54, 1.807) is 13.0 Å². The Morgan fingerprint density at radius 2 is 2.00 bits per heavy atom. The summed E-state index contributed by atoms with van der Waals surface area (Å²) in [5.41, 5.74) is -0.0822. The molecule has 0 aromatic heterocycles. The molecule has 0 unspecified atom stereocenters. The Labute approximate surface area is 97.7 Å². The molecule has 0 saturated carbocycles. The van der Waals surface area contributed by atoms with Gasteiger partial charge in [-0.3, -0.25) is 0 Å². The summed E-state index contributed by atoms with van der Waals surface area (Å²) in [5, 5.41) is 0. The Kier molecular flexibility index (Phi) is 4.07. The van der Waals surface area contributed by atoms with Gasteiger partial charge in [0.15, 0.2) is 5.82 Å². The lowest BCUT2D eigenvalue weighted by Gasteiger charge is -2.06. The number of halogens is 3. The van der Waals surface area contributed by atoms with Crippen molar-refractivity contribution in [2.45, 2.75) is 6.92 Å². The molecule has 0 bridgehead atoms. The van der Waals surface area contributed by atoms with Crippen molar-refractivity contribution < 1.29 is 13.9 Å². The van der Waals surface area contributed by atoms with Crippen molar-refractivity contribution in [1.82, 2.24) is 0 Å². The van der Waals surface area contributed by atoms with E-state index in [0.29, 0.717) is 4.47 Å². The van der Waals surface area contributed by atoms with E-state index in [4.69, 9.17) is 4.74 Å². The van der Waals surface area contributed by atoms with E-state index >= 15 is 0 Å². The van der Waals surface area contributed by atoms with Crippen molar-refractivity contribution in [1.29, 1.82) is 0 Å². The van der Waals surface area contributed by atoms with E-state index in [1.807, 2.05) is 0 Å².